The van der Waals surface area contributed by atoms with Gasteiger partial charge in [-0.25, -0.2) is 0 Å². The van der Waals surface area contributed by atoms with E-state index < -0.39 is 0 Å². The van der Waals surface area contributed by atoms with Crippen molar-refractivity contribution >= 4 is 35.2 Å². The first-order valence-electron chi connectivity index (χ1n) is 4.50. The molecule has 0 heterocycles. The molecule has 0 unspecified atom stereocenters. The maximum absolute atomic E-state index is 12.7. The first-order valence-corrected chi connectivity index (χ1v) is 10.5. The molecule has 0 atom stereocenters. The van der Waals surface area contributed by atoms with E-state index in [9.17, 15) is 4.39 Å². The quantitative estimate of drug-likeness (QED) is 0.740. The average Bonchev–Trinajstić information content (AvgIpc) is 2.30. The molecule has 0 spiro atoms. The topological polar surface area (TPSA) is 0 Å². The molecule has 0 saturated carbocycles. The van der Waals surface area contributed by atoms with E-state index >= 15 is 0 Å². The summed E-state index contributed by atoms with van der Waals surface area (Å²) >= 11 is 0.966. The Morgan fingerprint density at radius 3 is 1.80 bits per heavy atom. The molecule has 0 aliphatic carbocycles. The van der Waals surface area contributed by atoms with E-state index in [0.717, 1.165) is 0 Å². The van der Waals surface area contributed by atoms with E-state index in [1.54, 1.807) is 0 Å². The first kappa shape index (κ1) is 10.9. The Balaban J connectivity index is 1.96. The summed E-state index contributed by atoms with van der Waals surface area (Å²) in [6.07, 6.45) is 0. The molecule has 76 valence electrons. The van der Waals surface area contributed by atoms with Crippen molar-refractivity contribution in [2.45, 2.75) is 0 Å². The predicted molar refractivity (Wildman–Crippen MR) is 63.6 cm³/mol. The SMILES string of the molecule is Fc1ccc([Se][Se]c2ccccc2)cc1. The summed E-state index contributed by atoms with van der Waals surface area (Å²) in [7, 11) is 0. The molecule has 0 saturated heterocycles. The molecule has 0 aromatic heterocycles. The van der Waals surface area contributed by atoms with Crippen LogP contribution in [0.5, 0.6) is 0 Å². The molecular formula is C12H9FSe2. The van der Waals surface area contributed by atoms with E-state index in [1.165, 1.54) is 21.1 Å². The third-order valence-corrected chi connectivity index (χ3v) is 9.02. The van der Waals surface area contributed by atoms with Crippen LogP contribution >= 0.6 is 0 Å². The molecule has 0 nitrogen and oxygen atoms in total. The van der Waals surface area contributed by atoms with E-state index in [4.69, 9.17) is 0 Å². The molecule has 3 heteroatoms. The van der Waals surface area contributed by atoms with Gasteiger partial charge in [0.2, 0.25) is 0 Å². The van der Waals surface area contributed by atoms with E-state index in [0.29, 0.717) is 26.3 Å². The fourth-order valence-corrected chi connectivity index (χ4v) is 7.07. The Bertz CT molecular complexity index is 411. The van der Waals surface area contributed by atoms with Crippen LogP contribution in [-0.4, -0.2) is 26.3 Å². The Kier molecular flexibility index (Phi) is 3.99. The van der Waals surface area contributed by atoms with E-state index in [-0.39, 0.29) is 5.82 Å². The van der Waals surface area contributed by atoms with Gasteiger partial charge in [0.25, 0.3) is 0 Å². The van der Waals surface area contributed by atoms with Gasteiger partial charge >= 0.3 is 100.0 Å². The van der Waals surface area contributed by atoms with Crippen LogP contribution in [0.2, 0.25) is 0 Å². The number of halogens is 1. The third kappa shape index (κ3) is 3.48. The molecule has 0 radical (unpaired) electrons. The molecule has 0 N–H and O–H groups in total. The van der Waals surface area contributed by atoms with Crippen molar-refractivity contribution in [3.63, 3.8) is 0 Å². The van der Waals surface area contributed by atoms with Crippen LogP contribution < -0.4 is 8.92 Å². The van der Waals surface area contributed by atoms with Crippen molar-refractivity contribution in [2.75, 3.05) is 0 Å². The fraction of sp³-hybridized carbons (Fsp3) is 0. The van der Waals surface area contributed by atoms with Crippen LogP contribution in [0.25, 0.3) is 0 Å². The van der Waals surface area contributed by atoms with Gasteiger partial charge in [-0.1, -0.05) is 0 Å². The predicted octanol–water partition coefficient (Wildman–Crippen LogP) is 1.10. The third-order valence-electron chi connectivity index (χ3n) is 1.79. The van der Waals surface area contributed by atoms with Crippen LogP contribution in [-0.2, 0) is 0 Å². The molecule has 0 bridgehead atoms. The van der Waals surface area contributed by atoms with Gasteiger partial charge in [-0.15, -0.1) is 0 Å². The Morgan fingerprint density at radius 2 is 1.20 bits per heavy atom. The second kappa shape index (κ2) is 5.48. The summed E-state index contributed by atoms with van der Waals surface area (Å²) in [6.45, 7) is 0. The van der Waals surface area contributed by atoms with Gasteiger partial charge in [-0.3, -0.25) is 0 Å². The van der Waals surface area contributed by atoms with Gasteiger partial charge in [0.15, 0.2) is 0 Å². The van der Waals surface area contributed by atoms with Gasteiger partial charge in [-0.05, 0) is 0 Å². The zero-order valence-corrected chi connectivity index (χ0v) is 11.3. The van der Waals surface area contributed by atoms with Gasteiger partial charge < -0.3 is 0 Å². The van der Waals surface area contributed by atoms with Gasteiger partial charge in [0, 0.05) is 0 Å². The molecular weight excluding hydrogens is 321 g/mol. The van der Waals surface area contributed by atoms with Crippen molar-refractivity contribution < 1.29 is 4.39 Å². The number of hydrogen-bond acceptors (Lipinski definition) is 0. The van der Waals surface area contributed by atoms with Crippen molar-refractivity contribution in [3.05, 3.63) is 60.4 Å². The number of rotatable bonds is 3. The standard InChI is InChI=1S/C12H9FSe2/c13-10-6-8-12(9-7-10)15-14-11-4-2-1-3-5-11/h1-9H. The molecule has 2 rings (SSSR count). The van der Waals surface area contributed by atoms with Gasteiger partial charge in [0.1, 0.15) is 0 Å². The van der Waals surface area contributed by atoms with E-state index in [2.05, 4.69) is 24.3 Å². The van der Waals surface area contributed by atoms with Gasteiger partial charge in [-0.2, -0.15) is 0 Å². The molecule has 0 aliphatic heterocycles. The normalized spacial score (nSPS) is 10.2. The molecule has 0 amide bonds. The zero-order valence-electron chi connectivity index (χ0n) is 7.89. The second-order valence-corrected chi connectivity index (χ2v) is 9.25. The number of benzene rings is 2. The van der Waals surface area contributed by atoms with Crippen molar-refractivity contribution in [2.24, 2.45) is 0 Å². The number of hydrogen-bond donors (Lipinski definition) is 0. The molecule has 0 fully saturated rings. The van der Waals surface area contributed by atoms with Gasteiger partial charge in [0.05, 0.1) is 0 Å². The average molecular weight is 330 g/mol. The van der Waals surface area contributed by atoms with Crippen LogP contribution in [0.3, 0.4) is 0 Å². The Morgan fingerprint density at radius 1 is 0.667 bits per heavy atom. The summed E-state index contributed by atoms with van der Waals surface area (Å²) in [5.74, 6) is -0.151. The first-order chi connectivity index (χ1) is 7.34. The fourth-order valence-electron chi connectivity index (χ4n) is 1.06. The van der Waals surface area contributed by atoms with Crippen LogP contribution in [0.1, 0.15) is 0 Å². The molecule has 2 aromatic rings. The Hall–Kier alpha value is -0.591. The second-order valence-electron chi connectivity index (χ2n) is 2.93. The van der Waals surface area contributed by atoms with Crippen LogP contribution in [0.4, 0.5) is 4.39 Å². The molecule has 0 aliphatic rings. The maximum atomic E-state index is 12.7. The minimum atomic E-state index is -0.151. The molecule has 2 aromatic carbocycles. The summed E-state index contributed by atoms with van der Waals surface area (Å²) in [4.78, 5) is 0. The van der Waals surface area contributed by atoms with Crippen molar-refractivity contribution in [1.82, 2.24) is 0 Å². The minimum absolute atomic E-state index is 0.151. The Labute approximate surface area is 99.8 Å². The monoisotopic (exact) mass is 332 g/mol. The zero-order chi connectivity index (χ0) is 10.5. The molecule has 15 heavy (non-hydrogen) atoms. The van der Waals surface area contributed by atoms with Crippen molar-refractivity contribution in [1.29, 1.82) is 0 Å². The van der Waals surface area contributed by atoms with E-state index in [1.807, 2.05) is 18.2 Å². The van der Waals surface area contributed by atoms with Crippen LogP contribution in [0.15, 0.2) is 54.6 Å². The summed E-state index contributed by atoms with van der Waals surface area (Å²) in [5, 5.41) is 0. The summed E-state index contributed by atoms with van der Waals surface area (Å²) in [6, 6.07) is 17.3. The summed E-state index contributed by atoms with van der Waals surface area (Å²) in [5.41, 5.74) is 0. The summed E-state index contributed by atoms with van der Waals surface area (Å²) < 4.78 is 15.3. The van der Waals surface area contributed by atoms with Crippen LogP contribution in [0, 0.1) is 5.82 Å². The van der Waals surface area contributed by atoms with Crippen molar-refractivity contribution in [3.8, 4) is 0 Å².